The van der Waals surface area contributed by atoms with Gasteiger partial charge < -0.3 is 31.1 Å². The molecule has 11 nitrogen and oxygen atoms in total. The molecule has 18 heteroatoms. The number of primary amides is 1. The highest BCUT2D eigenvalue weighted by molar-refractivity contribution is 7.09. The third-order valence-corrected chi connectivity index (χ3v) is 9.53. The highest BCUT2D eigenvalue weighted by Crippen LogP contribution is 2.42. The number of methoxy groups -OCH3 is 1. The summed E-state index contributed by atoms with van der Waals surface area (Å²) in [4.78, 5) is 52.8. The number of nitrogens with zero attached hydrogens (tertiary/aromatic N) is 2. The van der Waals surface area contributed by atoms with E-state index in [9.17, 15) is 50.6 Å². The first-order chi connectivity index (χ1) is 25.1. The molecule has 0 fully saturated rings. The van der Waals surface area contributed by atoms with Crippen molar-refractivity contribution in [2.45, 2.75) is 103 Å². The zero-order chi connectivity index (χ0) is 41.2. The minimum Gasteiger partial charge on any atom is -0.469 e. The van der Waals surface area contributed by atoms with Crippen molar-refractivity contribution in [2.24, 2.45) is 23.5 Å². The molecule has 2 rings (SSSR count). The standard InChI is InChI=1S/C29H37F6N3O5S.C7H16N2O/c1-16(2)21(38(4)24(40)14-23(28(30,31)32)29(33,34)35)13-22(39)26-37-20(15-44-26)25(41)36-19(11-17(3)27(42)43-5)12-18-9-7-6-8-10-18;1-9-6-4-2-3-5-7(8)10/h6-10,15-17,19,21-23,39H,11-14H2,1-5H3,(H,36,41);9H,2-6H2,1H3,(H2,8,10). The van der Waals surface area contributed by atoms with Crippen LogP contribution in [-0.2, 0) is 25.5 Å². The lowest BCUT2D eigenvalue weighted by atomic mass is 9.95. The Morgan fingerprint density at radius 1 is 0.981 bits per heavy atom. The van der Waals surface area contributed by atoms with Crippen LogP contribution < -0.4 is 16.4 Å². The van der Waals surface area contributed by atoms with Crippen LogP contribution in [0.5, 0.6) is 0 Å². The number of halogens is 6. The number of aromatic nitrogens is 1. The maximum Gasteiger partial charge on any atom is 0.400 e. The largest absolute Gasteiger partial charge is 0.469 e. The number of thiazole rings is 1. The number of hydrogen-bond donors (Lipinski definition) is 4. The lowest BCUT2D eigenvalue weighted by Crippen LogP contribution is -2.45. The van der Waals surface area contributed by atoms with Crippen molar-refractivity contribution in [1.29, 1.82) is 0 Å². The highest BCUT2D eigenvalue weighted by atomic mass is 32.1. The number of nitrogens with two attached hydrogens (primary N) is 1. The molecule has 2 aromatic rings. The quantitative estimate of drug-likeness (QED) is 0.0724. The normalized spacial score (nSPS) is 14.1. The van der Waals surface area contributed by atoms with E-state index in [1.54, 1.807) is 20.8 Å². The van der Waals surface area contributed by atoms with E-state index in [0.29, 0.717) is 12.8 Å². The lowest BCUT2D eigenvalue weighted by molar-refractivity contribution is -0.284. The van der Waals surface area contributed by atoms with Crippen molar-refractivity contribution in [3.8, 4) is 0 Å². The van der Waals surface area contributed by atoms with Gasteiger partial charge in [-0.1, -0.05) is 57.5 Å². The zero-order valence-corrected chi connectivity index (χ0v) is 32.2. The van der Waals surface area contributed by atoms with E-state index in [2.05, 4.69) is 15.6 Å². The Balaban J connectivity index is 0.00000127. The summed E-state index contributed by atoms with van der Waals surface area (Å²) >= 11 is 0.934. The molecule has 0 aliphatic heterocycles. The van der Waals surface area contributed by atoms with Gasteiger partial charge in [-0.15, -0.1) is 11.3 Å². The molecular weight excluding hydrogens is 744 g/mol. The molecule has 4 unspecified atom stereocenters. The summed E-state index contributed by atoms with van der Waals surface area (Å²) in [6.07, 6.45) is -10.4. The van der Waals surface area contributed by atoms with E-state index in [4.69, 9.17) is 10.5 Å². The van der Waals surface area contributed by atoms with Gasteiger partial charge >= 0.3 is 18.3 Å². The number of amides is 3. The minimum absolute atomic E-state index is 0.0310. The second-order valence-electron chi connectivity index (χ2n) is 13.4. The molecule has 0 aliphatic carbocycles. The number of ether oxygens (including phenoxy) is 1. The monoisotopic (exact) mass is 797 g/mol. The van der Waals surface area contributed by atoms with Gasteiger partial charge in [0, 0.05) is 43.8 Å². The Morgan fingerprint density at radius 2 is 1.59 bits per heavy atom. The Morgan fingerprint density at radius 3 is 2.11 bits per heavy atom. The third-order valence-electron chi connectivity index (χ3n) is 8.59. The van der Waals surface area contributed by atoms with Gasteiger partial charge in [0.25, 0.3) is 5.91 Å². The van der Waals surface area contributed by atoms with Gasteiger partial charge in [-0.2, -0.15) is 26.3 Å². The molecule has 1 aromatic heterocycles. The van der Waals surface area contributed by atoms with E-state index in [-0.39, 0.29) is 29.5 Å². The number of aliphatic hydroxyl groups excluding tert-OH is 1. The zero-order valence-electron chi connectivity index (χ0n) is 31.4. The van der Waals surface area contributed by atoms with Crippen LogP contribution >= 0.6 is 11.3 Å². The molecule has 54 heavy (non-hydrogen) atoms. The van der Waals surface area contributed by atoms with E-state index in [1.807, 2.05) is 37.4 Å². The molecular formula is C36H53F6N5O6S. The van der Waals surface area contributed by atoms with Crippen LogP contribution in [0.2, 0.25) is 0 Å². The number of carbonyl (C=O) groups is 4. The fourth-order valence-electron chi connectivity index (χ4n) is 5.53. The number of carbonyl (C=O) groups excluding carboxylic acids is 4. The molecule has 0 radical (unpaired) electrons. The highest BCUT2D eigenvalue weighted by Gasteiger charge is 2.57. The van der Waals surface area contributed by atoms with Crippen molar-refractivity contribution < 1.29 is 55.4 Å². The number of hydrogen-bond acceptors (Lipinski definition) is 9. The number of aliphatic hydroxyl groups is 1. The van der Waals surface area contributed by atoms with Crippen molar-refractivity contribution in [3.63, 3.8) is 0 Å². The van der Waals surface area contributed by atoms with Crippen LogP contribution in [-0.4, -0.2) is 90.9 Å². The maximum absolute atomic E-state index is 13.1. The van der Waals surface area contributed by atoms with Gasteiger partial charge in [0.05, 0.1) is 13.0 Å². The Hall–Kier alpha value is -3.77. The van der Waals surface area contributed by atoms with Crippen LogP contribution in [0.15, 0.2) is 35.7 Å². The SMILES string of the molecule is CNCCCCCC(N)=O.COC(=O)C(C)CC(Cc1ccccc1)NC(=O)c1csc(C(O)CC(C(C)C)N(C)C(=O)CC(C(F)(F)F)C(F)(F)F)n1. The summed E-state index contributed by atoms with van der Waals surface area (Å²) in [5.74, 6) is -7.36. The van der Waals surface area contributed by atoms with Crippen LogP contribution in [0.1, 0.15) is 92.9 Å². The lowest BCUT2D eigenvalue weighted by Gasteiger charge is -2.34. The number of esters is 1. The molecule has 306 valence electrons. The van der Waals surface area contributed by atoms with E-state index in [1.165, 1.54) is 12.5 Å². The number of benzene rings is 1. The van der Waals surface area contributed by atoms with Gasteiger partial charge in [-0.05, 0) is 50.8 Å². The predicted molar refractivity (Wildman–Crippen MR) is 192 cm³/mol. The number of rotatable bonds is 20. The van der Waals surface area contributed by atoms with Gasteiger partial charge in [-0.3, -0.25) is 19.2 Å². The summed E-state index contributed by atoms with van der Waals surface area (Å²) in [6.45, 7) is 5.91. The van der Waals surface area contributed by atoms with E-state index >= 15 is 0 Å². The second-order valence-corrected chi connectivity index (χ2v) is 14.3. The average molecular weight is 798 g/mol. The number of alkyl halides is 6. The minimum atomic E-state index is -5.66. The van der Waals surface area contributed by atoms with Crippen LogP contribution in [0.25, 0.3) is 0 Å². The summed E-state index contributed by atoms with van der Waals surface area (Å²) in [6, 6.07) is 7.86. The molecule has 1 heterocycles. The molecule has 0 saturated heterocycles. The summed E-state index contributed by atoms with van der Waals surface area (Å²) in [5, 5.41) is 18.2. The molecule has 0 bridgehead atoms. The summed E-state index contributed by atoms with van der Waals surface area (Å²) in [7, 11) is 4.28. The van der Waals surface area contributed by atoms with Gasteiger partial charge in [0.2, 0.25) is 11.8 Å². The van der Waals surface area contributed by atoms with Crippen LogP contribution in [0, 0.1) is 17.8 Å². The molecule has 0 aliphatic rings. The first-order valence-corrected chi connectivity index (χ1v) is 18.4. The number of unbranched alkanes of at least 4 members (excludes halogenated alkanes) is 2. The van der Waals surface area contributed by atoms with Gasteiger partial charge in [0.1, 0.15) is 16.8 Å². The Kier molecular flexibility index (Phi) is 20.7. The van der Waals surface area contributed by atoms with Crippen molar-refractivity contribution >= 4 is 35.0 Å². The molecule has 0 saturated carbocycles. The molecule has 0 spiro atoms. The van der Waals surface area contributed by atoms with Crippen molar-refractivity contribution in [2.75, 3.05) is 27.7 Å². The molecule has 3 amide bonds. The fourth-order valence-corrected chi connectivity index (χ4v) is 6.32. The van der Waals surface area contributed by atoms with Crippen molar-refractivity contribution in [3.05, 3.63) is 52.0 Å². The third kappa shape index (κ3) is 17.6. The smallest absolute Gasteiger partial charge is 0.400 e. The predicted octanol–water partition coefficient (Wildman–Crippen LogP) is 5.97. The van der Waals surface area contributed by atoms with Gasteiger partial charge in [0.15, 0.2) is 5.92 Å². The van der Waals surface area contributed by atoms with Crippen LogP contribution in [0.4, 0.5) is 26.3 Å². The molecule has 5 N–H and O–H groups in total. The Labute approximate surface area is 316 Å². The first kappa shape index (κ1) is 48.2. The van der Waals surface area contributed by atoms with E-state index in [0.717, 1.165) is 54.7 Å². The fraction of sp³-hybridized carbons (Fsp3) is 0.639. The van der Waals surface area contributed by atoms with Crippen LogP contribution in [0.3, 0.4) is 0 Å². The first-order valence-electron chi connectivity index (χ1n) is 17.5. The molecule has 4 atom stereocenters. The molecule has 1 aromatic carbocycles. The summed E-state index contributed by atoms with van der Waals surface area (Å²) in [5.41, 5.74) is 5.84. The Bertz CT molecular complexity index is 1430. The van der Waals surface area contributed by atoms with Crippen molar-refractivity contribution in [1.82, 2.24) is 20.5 Å². The topological polar surface area (TPSA) is 164 Å². The van der Waals surface area contributed by atoms with E-state index < -0.39 is 72.5 Å². The van der Waals surface area contributed by atoms with Gasteiger partial charge in [-0.25, -0.2) is 4.98 Å². The maximum atomic E-state index is 13.1. The second kappa shape index (κ2) is 23.2. The summed E-state index contributed by atoms with van der Waals surface area (Å²) < 4.78 is 82.9. The average Bonchev–Trinajstić information content (AvgIpc) is 3.59. The number of nitrogens with one attached hydrogen (secondary N) is 2.